The van der Waals surface area contributed by atoms with Gasteiger partial charge in [0.2, 0.25) is 15.9 Å². The molecular formula is C24H23N5O5S. The molecule has 1 unspecified atom stereocenters. The number of ether oxygens (including phenoxy) is 2. The van der Waals surface area contributed by atoms with E-state index >= 15 is 0 Å². The van der Waals surface area contributed by atoms with Crippen molar-refractivity contribution in [2.75, 3.05) is 13.2 Å². The van der Waals surface area contributed by atoms with Gasteiger partial charge < -0.3 is 14.8 Å². The highest BCUT2D eigenvalue weighted by molar-refractivity contribution is 7.89. The average Bonchev–Trinajstić information content (AvgIpc) is 3.30. The maximum absolute atomic E-state index is 13.2. The molecule has 1 atom stereocenters. The Labute approximate surface area is 202 Å². The van der Waals surface area contributed by atoms with Crippen LogP contribution in [0.25, 0.3) is 5.65 Å². The molecule has 0 bridgehead atoms. The highest BCUT2D eigenvalue weighted by atomic mass is 32.2. The molecule has 0 saturated carbocycles. The van der Waals surface area contributed by atoms with Crippen LogP contribution in [0.3, 0.4) is 0 Å². The molecule has 0 fully saturated rings. The Balaban J connectivity index is 1.36. The molecule has 0 radical (unpaired) electrons. The van der Waals surface area contributed by atoms with E-state index in [0.717, 1.165) is 5.56 Å². The smallest absolute Gasteiger partial charge is 0.241 e. The van der Waals surface area contributed by atoms with Crippen LogP contribution >= 0.6 is 0 Å². The zero-order valence-electron chi connectivity index (χ0n) is 18.6. The fourth-order valence-corrected chi connectivity index (χ4v) is 5.00. The van der Waals surface area contributed by atoms with Gasteiger partial charge in [-0.2, -0.15) is 4.72 Å². The van der Waals surface area contributed by atoms with Gasteiger partial charge in [0.1, 0.15) is 19.3 Å². The lowest BCUT2D eigenvalue weighted by atomic mass is 10.1. The number of carbonyl (C=O) groups is 1. The molecule has 0 saturated heterocycles. The first kappa shape index (κ1) is 22.8. The van der Waals surface area contributed by atoms with E-state index in [0.29, 0.717) is 36.2 Å². The van der Waals surface area contributed by atoms with Gasteiger partial charge in [-0.15, -0.1) is 10.2 Å². The predicted molar refractivity (Wildman–Crippen MR) is 127 cm³/mol. The van der Waals surface area contributed by atoms with Crippen molar-refractivity contribution >= 4 is 21.6 Å². The number of nitrogens with one attached hydrogen (secondary N) is 2. The second-order valence-corrected chi connectivity index (χ2v) is 9.65. The highest BCUT2D eigenvalue weighted by Gasteiger charge is 2.27. The molecule has 1 amide bonds. The summed E-state index contributed by atoms with van der Waals surface area (Å²) in [5, 5.41) is 11.0. The van der Waals surface area contributed by atoms with Gasteiger partial charge in [-0.1, -0.05) is 36.4 Å². The van der Waals surface area contributed by atoms with Gasteiger partial charge in [-0.3, -0.25) is 9.20 Å². The van der Waals surface area contributed by atoms with Gasteiger partial charge in [0.15, 0.2) is 23.0 Å². The zero-order valence-corrected chi connectivity index (χ0v) is 19.4. The SMILES string of the molecule is O=C(NCc1nnc2ccccn12)C(Cc1ccccc1)NS(=O)(=O)c1ccc2c(c1)OCCO2. The van der Waals surface area contributed by atoms with Gasteiger partial charge in [0, 0.05) is 12.3 Å². The number of fused-ring (bicyclic) bond motifs is 2. The average molecular weight is 494 g/mol. The summed E-state index contributed by atoms with van der Waals surface area (Å²) in [5.74, 6) is 0.876. The van der Waals surface area contributed by atoms with Gasteiger partial charge in [-0.05, 0) is 36.2 Å². The van der Waals surface area contributed by atoms with Crippen molar-refractivity contribution in [3.8, 4) is 11.5 Å². The van der Waals surface area contributed by atoms with Crippen LogP contribution in [0.1, 0.15) is 11.4 Å². The summed E-state index contributed by atoms with van der Waals surface area (Å²) >= 11 is 0. The van der Waals surface area contributed by atoms with Gasteiger partial charge >= 0.3 is 0 Å². The highest BCUT2D eigenvalue weighted by Crippen LogP contribution is 2.32. The standard InChI is InChI=1S/C24H23N5O5S/c30-24(25-16-23-27-26-22-8-4-5-11-29(22)23)19(14-17-6-2-1-3-7-17)28-35(31,32)18-9-10-20-21(15-18)34-13-12-33-20/h1-11,15,19,28H,12-14,16H2,(H,25,30). The van der Waals surface area contributed by atoms with E-state index in [1.54, 1.807) is 22.7 Å². The molecule has 1 aliphatic rings. The molecule has 4 aromatic rings. The fourth-order valence-electron chi connectivity index (χ4n) is 3.78. The van der Waals surface area contributed by atoms with Crippen LogP contribution in [-0.4, -0.2) is 48.2 Å². The molecule has 3 heterocycles. The lowest BCUT2D eigenvalue weighted by Gasteiger charge is -2.21. The Bertz CT molecular complexity index is 1460. The van der Waals surface area contributed by atoms with E-state index in [-0.39, 0.29) is 17.9 Å². The summed E-state index contributed by atoms with van der Waals surface area (Å²) in [6, 6.07) is 18.0. The number of pyridine rings is 1. The molecule has 0 spiro atoms. The minimum absolute atomic E-state index is 0.0175. The van der Waals surface area contributed by atoms with E-state index < -0.39 is 22.0 Å². The maximum Gasteiger partial charge on any atom is 0.241 e. The number of nitrogens with zero attached hydrogens (tertiary/aromatic N) is 3. The van der Waals surface area contributed by atoms with Crippen LogP contribution < -0.4 is 19.5 Å². The second kappa shape index (κ2) is 9.72. The summed E-state index contributed by atoms with van der Waals surface area (Å²) in [4.78, 5) is 13.2. The molecule has 0 aliphatic carbocycles. The van der Waals surface area contributed by atoms with Crippen molar-refractivity contribution in [2.45, 2.75) is 23.9 Å². The minimum atomic E-state index is -4.04. The maximum atomic E-state index is 13.2. The van der Waals surface area contributed by atoms with Crippen molar-refractivity contribution in [2.24, 2.45) is 0 Å². The minimum Gasteiger partial charge on any atom is -0.486 e. The van der Waals surface area contributed by atoms with Crippen LogP contribution in [0.15, 0.2) is 77.8 Å². The van der Waals surface area contributed by atoms with E-state index in [1.165, 1.54) is 12.1 Å². The summed E-state index contributed by atoms with van der Waals surface area (Å²) in [5.41, 5.74) is 1.46. The van der Waals surface area contributed by atoms with Crippen LogP contribution in [0, 0.1) is 0 Å². The monoisotopic (exact) mass is 493 g/mol. The van der Waals surface area contributed by atoms with E-state index in [1.807, 2.05) is 42.5 Å². The Kier molecular flexibility index (Phi) is 6.34. The number of amides is 1. The summed E-state index contributed by atoms with van der Waals surface area (Å²) in [6.07, 6.45) is 1.96. The van der Waals surface area contributed by atoms with E-state index in [9.17, 15) is 13.2 Å². The number of hydrogen-bond donors (Lipinski definition) is 2. The number of rotatable bonds is 8. The first-order valence-corrected chi connectivity index (χ1v) is 12.5. The summed E-state index contributed by atoms with van der Waals surface area (Å²) < 4.78 is 41.7. The first-order valence-electron chi connectivity index (χ1n) is 11.0. The quantitative estimate of drug-likeness (QED) is 0.383. The summed E-state index contributed by atoms with van der Waals surface area (Å²) in [7, 11) is -4.04. The molecule has 35 heavy (non-hydrogen) atoms. The Morgan fingerprint density at radius 3 is 2.57 bits per heavy atom. The van der Waals surface area contributed by atoms with Crippen molar-refractivity contribution in [1.82, 2.24) is 24.6 Å². The number of carbonyl (C=O) groups excluding carboxylic acids is 1. The summed E-state index contributed by atoms with van der Waals surface area (Å²) in [6.45, 7) is 0.819. The molecule has 11 heteroatoms. The van der Waals surface area contributed by atoms with Crippen LogP contribution in [0.2, 0.25) is 0 Å². The first-order chi connectivity index (χ1) is 17.0. The third kappa shape index (κ3) is 5.10. The molecule has 2 aromatic carbocycles. The zero-order chi connectivity index (χ0) is 24.3. The number of benzene rings is 2. The normalized spacial score (nSPS) is 13.9. The Hall–Kier alpha value is -3.96. The van der Waals surface area contributed by atoms with E-state index in [2.05, 4.69) is 20.2 Å². The third-order valence-corrected chi connectivity index (χ3v) is 6.99. The van der Waals surface area contributed by atoms with Crippen molar-refractivity contribution in [3.63, 3.8) is 0 Å². The second-order valence-electron chi connectivity index (χ2n) is 7.93. The van der Waals surface area contributed by atoms with Gasteiger partial charge in [0.25, 0.3) is 0 Å². The van der Waals surface area contributed by atoms with Crippen LogP contribution in [0.4, 0.5) is 0 Å². The van der Waals surface area contributed by atoms with E-state index in [4.69, 9.17) is 9.47 Å². The molecule has 2 N–H and O–H groups in total. The lowest BCUT2D eigenvalue weighted by Crippen LogP contribution is -2.47. The van der Waals surface area contributed by atoms with Crippen LogP contribution in [-0.2, 0) is 27.8 Å². The van der Waals surface area contributed by atoms with Crippen molar-refractivity contribution in [1.29, 1.82) is 0 Å². The van der Waals surface area contributed by atoms with Crippen LogP contribution in [0.5, 0.6) is 11.5 Å². The number of hydrogen-bond acceptors (Lipinski definition) is 7. The Morgan fingerprint density at radius 1 is 0.971 bits per heavy atom. The molecular weight excluding hydrogens is 470 g/mol. The molecule has 10 nitrogen and oxygen atoms in total. The fraction of sp³-hybridized carbons (Fsp3) is 0.208. The Morgan fingerprint density at radius 2 is 1.74 bits per heavy atom. The predicted octanol–water partition coefficient (Wildman–Crippen LogP) is 1.71. The third-order valence-electron chi connectivity index (χ3n) is 5.53. The van der Waals surface area contributed by atoms with Crippen molar-refractivity contribution in [3.05, 3.63) is 84.3 Å². The molecule has 1 aliphatic heterocycles. The molecule has 2 aromatic heterocycles. The van der Waals surface area contributed by atoms with Crippen molar-refractivity contribution < 1.29 is 22.7 Å². The number of sulfonamides is 1. The lowest BCUT2D eigenvalue weighted by molar-refractivity contribution is -0.122. The van der Waals surface area contributed by atoms with Gasteiger partial charge in [-0.25, -0.2) is 8.42 Å². The largest absolute Gasteiger partial charge is 0.486 e. The topological polar surface area (TPSA) is 124 Å². The van der Waals surface area contributed by atoms with Gasteiger partial charge in [0.05, 0.1) is 11.4 Å². The molecule has 5 rings (SSSR count). The number of aromatic nitrogens is 3. The molecule has 180 valence electrons.